The van der Waals surface area contributed by atoms with Crippen molar-refractivity contribution < 1.29 is 0 Å². The van der Waals surface area contributed by atoms with Crippen LogP contribution in [0.3, 0.4) is 0 Å². The molecule has 0 atom stereocenters. The van der Waals surface area contributed by atoms with Gasteiger partial charge in [0.2, 0.25) is 0 Å². The first kappa shape index (κ1) is 9.31. The summed E-state index contributed by atoms with van der Waals surface area (Å²) in [4.78, 5) is 0. The van der Waals surface area contributed by atoms with Crippen LogP contribution in [0.5, 0.6) is 0 Å². The van der Waals surface area contributed by atoms with Crippen molar-refractivity contribution in [2.24, 2.45) is 0 Å². The minimum atomic E-state index is 0.923. The van der Waals surface area contributed by atoms with Crippen molar-refractivity contribution in [2.75, 3.05) is 0 Å². The fraction of sp³-hybridized carbons (Fsp3) is 0.0714. The molecule has 0 saturated heterocycles. The van der Waals surface area contributed by atoms with E-state index in [0.717, 1.165) is 10.9 Å². The lowest BCUT2D eigenvalue weighted by Gasteiger charge is -2.03. The quantitative estimate of drug-likeness (QED) is 0.587. The maximum Gasteiger partial charge on any atom is 0.152 e. The lowest BCUT2D eigenvalue weighted by Crippen LogP contribution is -1.83. The van der Waals surface area contributed by atoms with E-state index in [9.17, 15) is 0 Å². The fourth-order valence-electron chi connectivity index (χ4n) is 1.73. The van der Waals surface area contributed by atoms with E-state index in [1.54, 1.807) is 0 Å². The number of benzene rings is 2. The topological polar surface area (TPSA) is 23.8 Å². The first-order valence-electron chi connectivity index (χ1n) is 4.71. The van der Waals surface area contributed by atoms with Gasteiger partial charge in [0.05, 0.1) is 0 Å². The van der Waals surface area contributed by atoms with Crippen molar-refractivity contribution in [1.29, 1.82) is 5.26 Å². The second-order valence-electron chi connectivity index (χ2n) is 3.34. The predicted molar refractivity (Wildman–Crippen MR) is 61.2 cm³/mol. The molecule has 0 spiro atoms. The summed E-state index contributed by atoms with van der Waals surface area (Å²) >= 11 is 0. The average molecular weight is 191 g/mol. The Hall–Kier alpha value is -2.25. The van der Waals surface area contributed by atoms with E-state index in [4.69, 9.17) is 5.26 Å². The van der Waals surface area contributed by atoms with Crippen molar-refractivity contribution in [2.45, 2.75) is 6.92 Å². The number of nitriles is 1. The monoisotopic (exact) mass is 191 g/mol. The maximum absolute atomic E-state index is 8.45. The molecule has 70 valence electrons. The molecule has 0 fully saturated rings. The Morgan fingerprint density at radius 2 is 1.80 bits per heavy atom. The van der Waals surface area contributed by atoms with Gasteiger partial charge in [-0.2, -0.15) is 5.26 Å². The van der Waals surface area contributed by atoms with Crippen LogP contribution in [-0.2, 0) is 0 Å². The van der Waals surface area contributed by atoms with E-state index >= 15 is 0 Å². The van der Waals surface area contributed by atoms with E-state index in [-0.39, 0.29) is 0 Å². The third-order valence-electron chi connectivity index (χ3n) is 2.37. The van der Waals surface area contributed by atoms with Crippen LogP contribution in [0.15, 0.2) is 36.4 Å². The summed E-state index contributed by atoms with van der Waals surface area (Å²) in [5.74, 6) is 5.31. The molecular weight excluding hydrogens is 182 g/mol. The number of hydrogen-bond donors (Lipinski definition) is 0. The SMILES string of the molecule is Cc1cccc2cccc(C#CC#N)c12. The van der Waals surface area contributed by atoms with Crippen LogP contribution in [0.4, 0.5) is 0 Å². The third kappa shape index (κ3) is 1.68. The minimum absolute atomic E-state index is 0.923. The molecule has 0 saturated carbocycles. The molecule has 0 radical (unpaired) electrons. The molecule has 0 aliphatic carbocycles. The van der Waals surface area contributed by atoms with Gasteiger partial charge in [-0.05, 0) is 23.9 Å². The molecule has 0 aliphatic heterocycles. The van der Waals surface area contributed by atoms with E-state index in [2.05, 4.69) is 37.0 Å². The van der Waals surface area contributed by atoms with Crippen LogP contribution in [0.25, 0.3) is 10.8 Å². The van der Waals surface area contributed by atoms with Gasteiger partial charge in [-0.15, -0.1) is 0 Å². The molecule has 0 N–H and O–H groups in total. The normalized spacial score (nSPS) is 9.07. The van der Waals surface area contributed by atoms with Gasteiger partial charge in [-0.25, -0.2) is 0 Å². The molecule has 2 aromatic carbocycles. The number of rotatable bonds is 0. The largest absolute Gasteiger partial charge is 0.183 e. The Bertz CT molecular complexity index is 601. The van der Waals surface area contributed by atoms with E-state index in [1.165, 1.54) is 10.9 Å². The van der Waals surface area contributed by atoms with Gasteiger partial charge in [0.25, 0.3) is 0 Å². The van der Waals surface area contributed by atoms with E-state index < -0.39 is 0 Å². The number of fused-ring (bicyclic) bond motifs is 1. The fourth-order valence-corrected chi connectivity index (χ4v) is 1.73. The highest BCUT2D eigenvalue weighted by Crippen LogP contribution is 2.21. The summed E-state index contributed by atoms with van der Waals surface area (Å²) < 4.78 is 0. The summed E-state index contributed by atoms with van der Waals surface area (Å²) in [6.07, 6.45) is 0. The first-order chi connectivity index (χ1) is 7.33. The van der Waals surface area contributed by atoms with Crippen LogP contribution in [0, 0.1) is 30.1 Å². The Morgan fingerprint density at radius 3 is 2.53 bits per heavy atom. The molecule has 0 heterocycles. The van der Waals surface area contributed by atoms with Crippen LogP contribution >= 0.6 is 0 Å². The molecule has 0 aliphatic rings. The van der Waals surface area contributed by atoms with Crippen molar-refractivity contribution in [3.63, 3.8) is 0 Å². The van der Waals surface area contributed by atoms with Crippen molar-refractivity contribution in [1.82, 2.24) is 0 Å². The van der Waals surface area contributed by atoms with Gasteiger partial charge in [-0.1, -0.05) is 36.3 Å². The Labute approximate surface area is 89.0 Å². The lowest BCUT2D eigenvalue weighted by atomic mass is 10.0. The van der Waals surface area contributed by atoms with Crippen LogP contribution in [0.1, 0.15) is 11.1 Å². The van der Waals surface area contributed by atoms with E-state index in [0.29, 0.717) is 0 Å². The maximum atomic E-state index is 8.45. The van der Waals surface area contributed by atoms with Gasteiger partial charge in [0, 0.05) is 16.9 Å². The van der Waals surface area contributed by atoms with Gasteiger partial charge in [0.1, 0.15) is 0 Å². The highest BCUT2D eigenvalue weighted by Gasteiger charge is 2.00. The lowest BCUT2D eigenvalue weighted by molar-refractivity contribution is 1.52. The third-order valence-corrected chi connectivity index (χ3v) is 2.37. The molecule has 1 heteroatoms. The second-order valence-corrected chi connectivity index (χ2v) is 3.34. The highest BCUT2D eigenvalue weighted by molar-refractivity contribution is 5.91. The predicted octanol–water partition coefficient (Wildman–Crippen LogP) is 3.02. The summed E-state index contributed by atoms with van der Waals surface area (Å²) in [5.41, 5.74) is 2.11. The average Bonchev–Trinajstić information content (AvgIpc) is 2.26. The van der Waals surface area contributed by atoms with Gasteiger partial charge in [0.15, 0.2) is 6.07 Å². The van der Waals surface area contributed by atoms with Crippen LogP contribution in [0.2, 0.25) is 0 Å². The minimum Gasteiger partial charge on any atom is -0.183 e. The van der Waals surface area contributed by atoms with Crippen LogP contribution in [-0.4, -0.2) is 0 Å². The Kier molecular flexibility index (Phi) is 2.40. The van der Waals surface area contributed by atoms with E-state index in [1.807, 2.05) is 24.3 Å². The molecule has 2 rings (SSSR count). The summed E-state index contributed by atoms with van der Waals surface area (Å²) in [6, 6.07) is 13.9. The van der Waals surface area contributed by atoms with Crippen LogP contribution < -0.4 is 0 Å². The molecular formula is C14H9N. The zero-order chi connectivity index (χ0) is 10.7. The molecule has 15 heavy (non-hydrogen) atoms. The molecule has 0 amide bonds. The molecule has 0 aromatic heterocycles. The number of aryl methyl sites for hydroxylation is 1. The number of hydrogen-bond acceptors (Lipinski definition) is 1. The van der Waals surface area contributed by atoms with Crippen molar-refractivity contribution in [3.05, 3.63) is 47.5 Å². The summed E-state index contributed by atoms with van der Waals surface area (Å²) in [7, 11) is 0. The summed E-state index contributed by atoms with van der Waals surface area (Å²) in [6.45, 7) is 2.06. The van der Waals surface area contributed by atoms with Crippen molar-refractivity contribution in [3.8, 4) is 17.9 Å². The summed E-state index contributed by atoms with van der Waals surface area (Å²) in [5, 5.41) is 10.8. The van der Waals surface area contributed by atoms with Gasteiger partial charge < -0.3 is 0 Å². The van der Waals surface area contributed by atoms with Gasteiger partial charge >= 0.3 is 0 Å². The Morgan fingerprint density at radius 1 is 1.07 bits per heavy atom. The molecule has 1 nitrogen and oxygen atoms in total. The molecule has 0 unspecified atom stereocenters. The molecule has 0 bridgehead atoms. The van der Waals surface area contributed by atoms with Gasteiger partial charge in [-0.3, -0.25) is 0 Å². The van der Waals surface area contributed by atoms with Crippen molar-refractivity contribution >= 4 is 10.8 Å². The first-order valence-corrected chi connectivity index (χ1v) is 4.71. The zero-order valence-corrected chi connectivity index (χ0v) is 8.41. The standard InChI is InChI=1S/C14H9N/c1-11-5-2-6-12-7-3-8-13(14(11)12)9-4-10-15/h2-3,5-8H,1H3. The smallest absolute Gasteiger partial charge is 0.152 e. The highest BCUT2D eigenvalue weighted by atomic mass is 14.2. The zero-order valence-electron chi connectivity index (χ0n) is 8.41. The Balaban J connectivity index is 2.81. The molecule has 2 aromatic rings. The second kappa shape index (κ2) is 3.86. The number of nitrogens with zero attached hydrogens (tertiary/aromatic N) is 1.